The quantitative estimate of drug-likeness (QED) is 0.841. The summed E-state index contributed by atoms with van der Waals surface area (Å²) in [5, 5.41) is 4.30. The molecule has 3 rings (SSSR count). The van der Waals surface area contributed by atoms with E-state index in [2.05, 4.69) is 26.2 Å². The number of pyridine rings is 1. The standard InChI is InChI=1S/C14H16BrN3O2/c15-9-5-11-12(16)1-2-13(14(11)18-6-9)17-7-10-8-19-3-4-20-10/h1-2,5-6,10,17H,3-4,7-8,16H2. The van der Waals surface area contributed by atoms with Crippen molar-refractivity contribution >= 4 is 38.2 Å². The number of aromatic nitrogens is 1. The van der Waals surface area contributed by atoms with Crippen LogP contribution in [0.3, 0.4) is 0 Å². The molecule has 0 bridgehead atoms. The number of nitrogens with zero attached hydrogens (tertiary/aromatic N) is 1. The molecule has 0 aliphatic carbocycles. The summed E-state index contributed by atoms with van der Waals surface area (Å²) in [4.78, 5) is 4.44. The van der Waals surface area contributed by atoms with Gasteiger partial charge in [0, 0.05) is 28.3 Å². The van der Waals surface area contributed by atoms with E-state index in [1.165, 1.54) is 0 Å². The number of rotatable bonds is 3. The maximum absolute atomic E-state index is 6.00. The van der Waals surface area contributed by atoms with Crippen LogP contribution in [0, 0.1) is 0 Å². The summed E-state index contributed by atoms with van der Waals surface area (Å²) < 4.78 is 11.9. The Bertz CT molecular complexity index is 615. The zero-order valence-electron chi connectivity index (χ0n) is 10.9. The van der Waals surface area contributed by atoms with Crippen molar-refractivity contribution in [2.75, 3.05) is 37.4 Å². The van der Waals surface area contributed by atoms with Gasteiger partial charge in [0.25, 0.3) is 0 Å². The van der Waals surface area contributed by atoms with E-state index in [1.807, 2.05) is 18.2 Å². The monoisotopic (exact) mass is 337 g/mol. The molecule has 1 unspecified atom stereocenters. The van der Waals surface area contributed by atoms with Crippen LogP contribution >= 0.6 is 15.9 Å². The molecular formula is C14H16BrN3O2. The zero-order chi connectivity index (χ0) is 13.9. The third-order valence-corrected chi connectivity index (χ3v) is 3.69. The zero-order valence-corrected chi connectivity index (χ0v) is 12.5. The molecule has 1 aliphatic rings. The number of benzene rings is 1. The summed E-state index contributed by atoms with van der Waals surface area (Å²) >= 11 is 3.42. The molecule has 0 amide bonds. The number of hydrogen-bond donors (Lipinski definition) is 2. The number of hydrogen-bond acceptors (Lipinski definition) is 5. The molecule has 5 nitrogen and oxygen atoms in total. The van der Waals surface area contributed by atoms with E-state index in [9.17, 15) is 0 Å². The number of nitrogens with one attached hydrogen (secondary N) is 1. The lowest BCUT2D eigenvalue weighted by atomic mass is 10.1. The first-order valence-corrected chi connectivity index (χ1v) is 7.30. The molecule has 0 saturated carbocycles. The molecule has 2 heterocycles. The second kappa shape index (κ2) is 5.95. The predicted molar refractivity (Wildman–Crippen MR) is 82.9 cm³/mol. The van der Waals surface area contributed by atoms with E-state index in [-0.39, 0.29) is 6.10 Å². The van der Waals surface area contributed by atoms with Crippen LogP contribution in [0.25, 0.3) is 10.9 Å². The Morgan fingerprint density at radius 3 is 3.10 bits per heavy atom. The van der Waals surface area contributed by atoms with Crippen molar-refractivity contribution < 1.29 is 9.47 Å². The number of ether oxygens (including phenoxy) is 2. The van der Waals surface area contributed by atoms with Crippen LogP contribution in [-0.2, 0) is 9.47 Å². The van der Waals surface area contributed by atoms with Crippen molar-refractivity contribution in [3.05, 3.63) is 28.9 Å². The van der Waals surface area contributed by atoms with E-state index in [0.717, 1.165) is 26.8 Å². The molecule has 1 aromatic carbocycles. The van der Waals surface area contributed by atoms with E-state index >= 15 is 0 Å². The Labute approximate surface area is 125 Å². The summed E-state index contributed by atoms with van der Waals surface area (Å²) in [6, 6.07) is 5.81. The first kappa shape index (κ1) is 13.6. The molecule has 1 fully saturated rings. The molecule has 1 atom stereocenters. The first-order chi connectivity index (χ1) is 9.74. The molecule has 20 heavy (non-hydrogen) atoms. The third kappa shape index (κ3) is 2.87. The van der Waals surface area contributed by atoms with Crippen molar-refractivity contribution in [1.29, 1.82) is 0 Å². The van der Waals surface area contributed by atoms with Crippen molar-refractivity contribution in [3.63, 3.8) is 0 Å². The fourth-order valence-corrected chi connectivity index (χ4v) is 2.57. The highest BCUT2D eigenvalue weighted by Gasteiger charge is 2.14. The van der Waals surface area contributed by atoms with Crippen LogP contribution in [0.4, 0.5) is 11.4 Å². The van der Waals surface area contributed by atoms with Crippen LogP contribution < -0.4 is 11.1 Å². The molecule has 1 aromatic heterocycles. The largest absolute Gasteiger partial charge is 0.398 e. The van der Waals surface area contributed by atoms with Gasteiger partial charge in [0.05, 0.1) is 37.1 Å². The van der Waals surface area contributed by atoms with Gasteiger partial charge in [-0.1, -0.05) is 0 Å². The van der Waals surface area contributed by atoms with Gasteiger partial charge in [0.1, 0.15) is 0 Å². The average Bonchev–Trinajstić information content (AvgIpc) is 2.48. The fraction of sp³-hybridized carbons (Fsp3) is 0.357. The van der Waals surface area contributed by atoms with E-state index < -0.39 is 0 Å². The summed E-state index contributed by atoms with van der Waals surface area (Å²) in [7, 11) is 0. The maximum atomic E-state index is 6.00. The lowest BCUT2D eigenvalue weighted by Crippen LogP contribution is -2.34. The van der Waals surface area contributed by atoms with Crippen LogP contribution in [0.15, 0.2) is 28.9 Å². The number of fused-ring (bicyclic) bond motifs is 1. The Balaban J connectivity index is 1.82. The van der Waals surface area contributed by atoms with Gasteiger partial charge in [0.2, 0.25) is 0 Å². The Kier molecular flexibility index (Phi) is 4.05. The summed E-state index contributed by atoms with van der Waals surface area (Å²) in [6.45, 7) is 2.65. The van der Waals surface area contributed by atoms with Crippen molar-refractivity contribution in [2.24, 2.45) is 0 Å². The second-order valence-corrected chi connectivity index (χ2v) is 5.62. The van der Waals surface area contributed by atoms with E-state index in [4.69, 9.17) is 15.2 Å². The Morgan fingerprint density at radius 1 is 1.40 bits per heavy atom. The highest BCUT2D eigenvalue weighted by Crippen LogP contribution is 2.28. The van der Waals surface area contributed by atoms with Gasteiger partial charge in [0.15, 0.2) is 0 Å². The van der Waals surface area contributed by atoms with Crippen LogP contribution in [0.1, 0.15) is 0 Å². The molecule has 1 saturated heterocycles. The number of halogens is 1. The third-order valence-electron chi connectivity index (χ3n) is 3.26. The lowest BCUT2D eigenvalue weighted by molar-refractivity contribution is -0.0818. The molecule has 106 valence electrons. The van der Waals surface area contributed by atoms with Crippen molar-refractivity contribution in [1.82, 2.24) is 4.98 Å². The molecule has 2 aromatic rings. The molecule has 1 aliphatic heterocycles. The van der Waals surface area contributed by atoms with Gasteiger partial charge >= 0.3 is 0 Å². The first-order valence-electron chi connectivity index (χ1n) is 6.51. The minimum Gasteiger partial charge on any atom is -0.398 e. The predicted octanol–water partition coefficient (Wildman–Crippen LogP) is 2.41. The second-order valence-electron chi connectivity index (χ2n) is 4.70. The van der Waals surface area contributed by atoms with E-state index in [0.29, 0.717) is 26.4 Å². The topological polar surface area (TPSA) is 69.4 Å². The van der Waals surface area contributed by atoms with Crippen LogP contribution in [-0.4, -0.2) is 37.5 Å². The number of anilines is 2. The normalized spacial score (nSPS) is 19.1. The van der Waals surface area contributed by atoms with Gasteiger partial charge in [-0.15, -0.1) is 0 Å². The summed E-state index contributed by atoms with van der Waals surface area (Å²) in [6.07, 6.45) is 1.85. The van der Waals surface area contributed by atoms with E-state index in [1.54, 1.807) is 6.20 Å². The molecule has 3 N–H and O–H groups in total. The van der Waals surface area contributed by atoms with Gasteiger partial charge in [-0.25, -0.2) is 0 Å². The smallest absolute Gasteiger partial charge is 0.0981 e. The van der Waals surface area contributed by atoms with Crippen molar-refractivity contribution in [3.8, 4) is 0 Å². The van der Waals surface area contributed by atoms with Gasteiger partial charge < -0.3 is 20.5 Å². The molecular weight excluding hydrogens is 322 g/mol. The average molecular weight is 338 g/mol. The fourth-order valence-electron chi connectivity index (χ4n) is 2.24. The summed E-state index contributed by atoms with van der Waals surface area (Å²) in [5.74, 6) is 0. The highest BCUT2D eigenvalue weighted by molar-refractivity contribution is 9.10. The highest BCUT2D eigenvalue weighted by atomic mass is 79.9. The van der Waals surface area contributed by atoms with Crippen molar-refractivity contribution in [2.45, 2.75) is 6.10 Å². The molecule has 0 spiro atoms. The Hall–Kier alpha value is -1.37. The summed E-state index contributed by atoms with van der Waals surface area (Å²) in [5.41, 5.74) is 8.54. The number of nitrogen functional groups attached to an aromatic ring is 1. The minimum absolute atomic E-state index is 0.0757. The van der Waals surface area contributed by atoms with Gasteiger partial charge in [-0.05, 0) is 34.1 Å². The SMILES string of the molecule is Nc1ccc(NCC2COCCO2)c2ncc(Br)cc12. The van der Waals surface area contributed by atoms with Crippen LogP contribution in [0.5, 0.6) is 0 Å². The van der Waals surface area contributed by atoms with Gasteiger partial charge in [-0.3, -0.25) is 4.98 Å². The maximum Gasteiger partial charge on any atom is 0.0981 e. The van der Waals surface area contributed by atoms with Gasteiger partial charge in [-0.2, -0.15) is 0 Å². The lowest BCUT2D eigenvalue weighted by Gasteiger charge is -2.23. The molecule has 6 heteroatoms. The minimum atomic E-state index is 0.0757. The number of nitrogens with two attached hydrogens (primary N) is 1. The molecule has 0 radical (unpaired) electrons. The van der Waals surface area contributed by atoms with Crippen LogP contribution in [0.2, 0.25) is 0 Å². The Morgan fingerprint density at radius 2 is 2.30 bits per heavy atom.